The lowest BCUT2D eigenvalue weighted by molar-refractivity contribution is 0.395. The summed E-state index contributed by atoms with van der Waals surface area (Å²) in [5, 5.41) is 3.06. The Kier molecular flexibility index (Phi) is 4.58. The summed E-state index contributed by atoms with van der Waals surface area (Å²) in [6.45, 7) is 0.686. The monoisotopic (exact) mass is 275 g/mol. The molecule has 20 heavy (non-hydrogen) atoms. The number of ether oxygens (including phenoxy) is 2. The van der Waals surface area contributed by atoms with Crippen molar-refractivity contribution in [2.75, 3.05) is 21.3 Å². The van der Waals surface area contributed by atoms with Crippen molar-refractivity contribution in [3.05, 3.63) is 47.8 Å². The largest absolute Gasteiger partial charge is 0.497 e. The smallest absolute Gasteiger partial charge is 0.131 e. The van der Waals surface area contributed by atoms with E-state index < -0.39 is 0 Å². The number of halogens is 1. The van der Waals surface area contributed by atoms with E-state index in [9.17, 15) is 4.39 Å². The van der Waals surface area contributed by atoms with Gasteiger partial charge < -0.3 is 14.8 Å². The van der Waals surface area contributed by atoms with Gasteiger partial charge in [-0.05, 0) is 36.9 Å². The van der Waals surface area contributed by atoms with Crippen LogP contribution in [0.25, 0.3) is 11.1 Å². The normalized spacial score (nSPS) is 10.4. The molecule has 1 N–H and O–H groups in total. The van der Waals surface area contributed by atoms with E-state index in [1.807, 2.05) is 13.1 Å². The Morgan fingerprint density at radius 1 is 1.00 bits per heavy atom. The minimum atomic E-state index is -0.270. The first kappa shape index (κ1) is 14.3. The average molecular weight is 275 g/mol. The molecule has 0 saturated heterocycles. The highest BCUT2D eigenvalue weighted by atomic mass is 19.1. The molecule has 0 heterocycles. The zero-order valence-electron chi connectivity index (χ0n) is 11.9. The van der Waals surface area contributed by atoms with Crippen molar-refractivity contribution in [3.8, 4) is 22.6 Å². The highest BCUT2D eigenvalue weighted by molar-refractivity contribution is 5.72. The maximum absolute atomic E-state index is 14.1. The Morgan fingerprint density at radius 3 is 2.45 bits per heavy atom. The first-order valence-corrected chi connectivity index (χ1v) is 6.35. The van der Waals surface area contributed by atoms with Gasteiger partial charge in [0.15, 0.2) is 0 Å². The highest BCUT2D eigenvalue weighted by Crippen LogP contribution is 2.35. The van der Waals surface area contributed by atoms with Gasteiger partial charge in [0.2, 0.25) is 0 Å². The summed E-state index contributed by atoms with van der Waals surface area (Å²) in [6.07, 6.45) is 0. The lowest BCUT2D eigenvalue weighted by atomic mass is 10.0. The average Bonchev–Trinajstić information content (AvgIpc) is 2.49. The van der Waals surface area contributed by atoms with Crippen molar-refractivity contribution in [1.29, 1.82) is 0 Å². The molecule has 3 nitrogen and oxygen atoms in total. The Bertz CT molecular complexity index is 599. The van der Waals surface area contributed by atoms with Gasteiger partial charge in [-0.2, -0.15) is 0 Å². The molecule has 0 fully saturated rings. The third-order valence-electron chi connectivity index (χ3n) is 3.11. The minimum absolute atomic E-state index is 0.270. The standard InChI is InChI=1S/C16H18FNO2/c1-18-10-11-4-7-15(17)14(8-11)13-6-5-12(19-2)9-16(13)20-3/h4-9,18H,10H2,1-3H3. The van der Waals surface area contributed by atoms with Gasteiger partial charge in [0, 0.05) is 23.7 Å². The summed E-state index contributed by atoms with van der Waals surface area (Å²) in [5.74, 6) is 0.996. The number of hydrogen-bond acceptors (Lipinski definition) is 3. The summed E-state index contributed by atoms with van der Waals surface area (Å²) < 4.78 is 24.6. The van der Waals surface area contributed by atoms with Crippen LogP contribution in [0.3, 0.4) is 0 Å². The van der Waals surface area contributed by atoms with E-state index in [-0.39, 0.29) is 5.82 Å². The zero-order chi connectivity index (χ0) is 14.5. The third-order valence-corrected chi connectivity index (χ3v) is 3.11. The van der Waals surface area contributed by atoms with E-state index in [0.29, 0.717) is 29.2 Å². The van der Waals surface area contributed by atoms with Crippen LogP contribution in [0.1, 0.15) is 5.56 Å². The number of nitrogens with one attached hydrogen (secondary N) is 1. The molecule has 2 aromatic rings. The molecule has 0 saturated carbocycles. The molecule has 0 radical (unpaired) electrons. The van der Waals surface area contributed by atoms with Crippen molar-refractivity contribution >= 4 is 0 Å². The Labute approximate surface area is 118 Å². The van der Waals surface area contributed by atoms with Crippen molar-refractivity contribution in [2.45, 2.75) is 6.54 Å². The quantitative estimate of drug-likeness (QED) is 0.908. The number of hydrogen-bond donors (Lipinski definition) is 1. The maximum atomic E-state index is 14.1. The topological polar surface area (TPSA) is 30.5 Å². The van der Waals surface area contributed by atoms with Gasteiger partial charge in [-0.15, -0.1) is 0 Å². The molecule has 2 rings (SSSR count). The van der Waals surface area contributed by atoms with Crippen LogP contribution in [0.5, 0.6) is 11.5 Å². The Morgan fingerprint density at radius 2 is 1.80 bits per heavy atom. The van der Waals surface area contributed by atoms with Gasteiger partial charge >= 0.3 is 0 Å². The summed E-state index contributed by atoms with van der Waals surface area (Å²) >= 11 is 0. The van der Waals surface area contributed by atoms with E-state index in [4.69, 9.17) is 9.47 Å². The van der Waals surface area contributed by atoms with Crippen LogP contribution in [-0.4, -0.2) is 21.3 Å². The SMILES string of the molecule is CNCc1ccc(F)c(-c2ccc(OC)cc2OC)c1. The van der Waals surface area contributed by atoms with Gasteiger partial charge in [0.1, 0.15) is 17.3 Å². The molecular formula is C16H18FNO2. The van der Waals surface area contributed by atoms with Crippen LogP contribution in [0, 0.1) is 5.82 Å². The number of benzene rings is 2. The van der Waals surface area contributed by atoms with E-state index in [1.165, 1.54) is 6.07 Å². The molecule has 0 aromatic heterocycles. The van der Waals surface area contributed by atoms with E-state index in [0.717, 1.165) is 5.56 Å². The van der Waals surface area contributed by atoms with Crippen molar-refractivity contribution in [1.82, 2.24) is 5.32 Å². The van der Waals surface area contributed by atoms with Crippen LogP contribution in [0.4, 0.5) is 4.39 Å². The Hall–Kier alpha value is -2.07. The molecule has 106 valence electrons. The van der Waals surface area contributed by atoms with Gasteiger partial charge in [0.05, 0.1) is 14.2 Å². The predicted octanol–water partition coefficient (Wildman–Crippen LogP) is 3.23. The third kappa shape index (κ3) is 2.91. The molecule has 4 heteroatoms. The lowest BCUT2D eigenvalue weighted by Gasteiger charge is -2.12. The van der Waals surface area contributed by atoms with E-state index in [1.54, 1.807) is 38.5 Å². The maximum Gasteiger partial charge on any atom is 0.131 e. The predicted molar refractivity (Wildman–Crippen MR) is 77.7 cm³/mol. The minimum Gasteiger partial charge on any atom is -0.497 e. The van der Waals surface area contributed by atoms with Crippen LogP contribution in [0.15, 0.2) is 36.4 Å². The molecule has 0 spiro atoms. The van der Waals surface area contributed by atoms with Gasteiger partial charge in [-0.25, -0.2) is 4.39 Å². The van der Waals surface area contributed by atoms with Gasteiger partial charge in [-0.1, -0.05) is 6.07 Å². The second-order valence-corrected chi connectivity index (χ2v) is 4.41. The van der Waals surface area contributed by atoms with E-state index in [2.05, 4.69) is 5.32 Å². The van der Waals surface area contributed by atoms with Crippen molar-refractivity contribution in [3.63, 3.8) is 0 Å². The molecule has 0 aliphatic rings. The molecule has 0 bridgehead atoms. The van der Waals surface area contributed by atoms with Crippen LogP contribution < -0.4 is 14.8 Å². The first-order chi connectivity index (χ1) is 9.69. The highest BCUT2D eigenvalue weighted by Gasteiger charge is 2.12. The van der Waals surface area contributed by atoms with Crippen LogP contribution in [-0.2, 0) is 6.54 Å². The number of methoxy groups -OCH3 is 2. The molecule has 0 unspecified atom stereocenters. The van der Waals surface area contributed by atoms with Crippen LogP contribution in [0.2, 0.25) is 0 Å². The molecule has 0 atom stereocenters. The van der Waals surface area contributed by atoms with Gasteiger partial charge in [-0.3, -0.25) is 0 Å². The molecule has 0 aliphatic carbocycles. The zero-order valence-corrected chi connectivity index (χ0v) is 11.9. The second kappa shape index (κ2) is 6.39. The second-order valence-electron chi connectivity index (χ2n) is 4.41. The Balaban J connectivity index is 2.52. The molecule has 0 amide bonds. The molecular weight excluding hydrogens is 257 g/mol. The molecule has 2 aromatic carbocycles. The van der Waals surface area contributed by atoms with Gasteiger partial charge in [0.25, 0.3) is 0 Å². The summed E-state index contributed by atoms with van der Waals surface area (Å²) in [7, 11) is 5.01. The van der Waals surface area contributed by atoms with Crippen LogP contribution >= 0.6 is 0 Å². The van der Waals surface area contributed by atoms with E-state index >= 15 is 0 Å². The lowest BCUT2D eigenvalue weighted by Crippen LogP contribution is -2.05. The summed E-state index contributed by atoms with van der Waals surface area (Å²) in [4.78, 5) is 0. The molecule has 0 aliphatic heterocycles. The first-order valence-electron chi connectivity index (χ1n) is 6.35. The summed E-state index contributed by atoms with van der Waals surface area (Å²) in [6, 6.07) is 10.4. The van der Waals surface area contributed by atoms with Crippen molar-refractivity contribution < 1.29 is 13.9 Å². The fourth-order valence-electron chi connectivity index (χ4n) is 2.11. The van der Waals surface area contributed by atoms with Crippen molar-refractivity contribution in [2.24, 2.45) is 0 Å². The number of rotatable bonds is 5. The fraction of sp³-hybridized carbons (Fsp3) is 0.250. The summed E-state index contributed by atoms with van der Waals surface area (Å²) in [5.41, 5.74) is 2.25. The fourth-order valence-corrected chi connectivity index (χ4v) is 2.11.